The Bertz CT molecular complexity index is 517. The molecule has 0 heterocycles. The van der Waals surface area contributed by atoms with Gasteiger partial charge in [-0.1, -0.05) is 94.2 Å². The molecule has 0 aliphatic carbocycles. The summed E-state index contributed by atoms with van der Waals surface area (Å²) < 4.78 is 7.87. The van der Waals surface area contributed by atoms with E-state index in [1.807, 2.05) is 18.2 Å². The zero-order valence-electron chi connectivity index (χ0n) is 16.1. The SMILES string of the molecule is CC(C)(C)[Si](OC(C#Cc1ccccc1)CCCCI)C(C)(C)C. The van der Waals surface area contributed by atoms with Gasteiger partial charge in [0, 0.05) is 5.56 Å². The lowest BCUT2D eigenvalue weighted by Gasteiger charge is -2.39. The van der Waals surface area contributed by atoms with E-state index >= 15 is 0 Å². The van der Waals surface area contributed by atoms with E-state index in [1.54, 1.807) is 0 Å². The molecule has 1 aromatic rings. The number of benzene rings is 1. The first-order valence-electron chi connectivity index (χ1n) is 8.81. The van der Waals surface area contributed by atoms with Crippen molar-refractivity contribution in [1.82, 2.24) is 0 Å². The second-order valence-electron chi connectivity index (χ2n) is 8.26. The van der Waals surface area contributed by atoms with Crippen molar-refractivity contribution in [2.75, 3.05) is 4.43 Å². The van der Waals surface area contributed by atoms with Crippen molar-refractivity contribution < 1.29 is 4.43 Å². The van der Waals surface area contributed by atoms with Crippen LogP contribution in [0.5, 0.6) is 0 Å². The first-order valence-corrected chi connectivity index (χ1v) is 11.7. The van der Waals surface area contributed by atoms with E-state index in [0.29, 0.717) is 0 Å². The third kappa shape index (κ3) is 8.18. The van der Waals surface area contributed by atoms with Gasteiger partial charge >= 0.3 is 0 Å². The molecule has 1 radical (unpaired) electrons. The topological polar surface area (TPSA) is 9.23 Å². The van der Waals surface area contributed by atoms with Gasteiger partial charge in [-0.3, -0.25) is 0 Å². The molecule has 0 saturated carbocycles. The van der Waals surface area contributed by atoms with Gasteiger partial charge in [0.1, 0.15) is 6.10 Å². The van der Waals surface area contributed by atoms with Gasteiger partial charge in [0.25, 0.3) is 0 Å². The van der Waals surface area contributed by atoms with Crippen LogP contribution in [0.15, 0.2) is 30.3 Å². The molecule has 1 unspecified atom stereocenters. The molecule has 0 aliphatic rings. The number of hydrogen-bond acceptors (Lipinski definition) is 1. The van der Waals surface area contributed by atoms with Crippen molar-refractivity contribution in [2.45, 2.75) is 77.0 Å². The van der Waals surface area contributed by atoms with Crippen molar-refractivity contribution >= 4 is 31.6 Å². The van der Waals surface area contributed by atoms with Crippen LogP contribution in [0.3, 0.4) is 0 Å². The van der Waals surface area contributed by atoms with Crippen LogP contribution < -0.4 is 0 Å². The van der Waals surface area contributed by atoms with Gasteiger partial charge < -0.3 is 4.43 Å². The zero-order chi connectivity index (χ0) is 18.2. The molecular formula is C21H32IOSi. The highest BCUT2D eigenvalue weighted by molar-refractivity contribution is 14.1. The summed E-state index contributed by atoms with van der Waals surface area (Å²) in [4.78, 5) is 0. The summed E-state index contributed by atoms with van der Waals surface area (Å²) in [6, 6.07) is 10.2. The van der Waals surface area contributed by atoms with E-state index in [1.165, 1.54) is 17.3 Å². The molecule has 0 bridgehead atoms. The summed E-state index contributed by atoms with van der Waals surface area (Å²) in [5.74, 6) is 6.74. The Balaban J connectivity index is 2.94. The van der Waals surface area contributed by atoms with Crippen molar-refractivity contribution in [1.29, 1.82) is 0 Å². The van der Waals surface area contributed by atoms with E-state index in [0.717, 1.165) is 12.0 Å². The van der Waals surface area contributed by atoms with Crippen LogP contribution >= 0.6 is 22.6 Å². The zero-order valence-corrected chi connectivity index (χ0v) is 19.2. The quantitative estimate of drug-likeness (QED) is 0.154. The van der Waals surface area contributed by atoms with Gasteiger partial charge in [-0.25, -0.2) is 0 Å². The smallest absolute Gasteiger partial charge is 0.224 e. The lowest BCUT2D eigenvalue weighted by atomic mass is 10.1. The van der Waals surface area contributed by atoms with Crippen molar-refractivity contribution in [3.63, 3.8) is 0 Å². The molecule has 0 amide bonds. The minimum atomic E-state index is -1.02. The van der Waals surface area contributed by atoms with Gasteiger partial charge in [-0.15, -0.1) is 0 Å². The molecule has 0 aliphatic heterocycles. The molecule has 1 rings (SSSR count). The summed E-state index contributed by atoms with van der Waals surface area (Å²) in [7, 11) is -1.02. The maximum absolute atomic E-state index is 6.67. The average Bonchev–Trinajstić information content (AvgIpc) is 2.48. The predicted molar refractivity (Wildman–Crippen MR) is 116 cm³/mol. The monoisotopic (exact) mass is 455 g/mol. The first-order chi connectivity index (χ1) is 11.1. The fourth-order valence-electron chi connectivity index (χ4n) is 2.89. The van der Waals surface area contributed by atoms with Crippen molar-refractivity contribution in [3.8, 4) is 11.8 Å². The van der Waals surface area contributed by atoms with Gasteiger partial charge in [0.2, 0.25) is 9.04 Å². The van der Waals surface area contributed by atoms with Gasteiger partial charge in [0.15, 0.2) is 0 Å². The summed E-state index contributed by atoms with van der Waals surface area (Å²) in [5, 5.41) is 0.387. The summed E-state index contributed by atoms with van der Waals surface area (Å²) >= 11 is 2.45. The number of hydrogen-bond donors (Lipinski definition) is 0. The average molecular weight is 455 g/mol. The van der Waals surface area contributed by atoms with E-state index < -0.39 is 9.04 Å². The number of alkyl halides is 1. The molecule has 0 saturated heterocycles. The number of halogens is 1. The third-order valence-electron chi connectivity index (χ3n) is 3.62. The van der Waals surface area contributed by atoms with E-state index in [4.69, 9.17) is 4.43 Å². The van der Waals surface area contributed by atoms with E-state index in [9.17, 15) is 0 Å². The van der Waals surface area contributed by atoms with Crippen LogP contribution in [0.4, 0.5) is 0 Å². The largest absolute Gasteiger partial charge is 0.402 e. The van der Waals surface area contributed by atoms with Gasteiger partial charge in [-0.05, 0) is 45.9 Å². The molecule has 0 fully saturated rings. The number of unbranched alkanes of at least 4 members (excludes halogenated alkanes) is 1. The van der Waals surface area contributed by atoms with Crippen LogP contribution in [0.25, 0.3) is 0 Å². The third-order valence-corrected chi connectivity index (χ3v) is 7.63. The Labute approximate surface area is 164 Å². The van der Waals surface area contributed by atoms with Crippen LogP contribution in [0.1, 0.15) is 66.4 Å². The molecule has 3 heteroatoms. The lowest BCUT2D eigenvalue weighted by Crippen LogP contribution is -2.41. The standard InChI is InChI=1S/C21H32IOSi/c1-20(2,3)24(21(4,5)6)23-19(14-10-11-17-22)16-15-18-12-8-7-9-13-18/h7-9,12-13,19H,10-11,14,17H2,1-6H3. The van der Waals surface area contributed by atoms with Crippen molar-refractivity contribution in [3.05, 3.63) is 35.9 Å². The van der Waals surface area contributed by atoms with Gasteiger partial charge in [0.05, 0.1) is 0 Å². The Morgan fingerprint density at radius 1 is 1.00 bits per heavy atom. The molecule has 1 atom stereocenters. The highest BCUT2D eigenvalue weighted by Gasteiger charge is 2.40. The normalized spacial score (nSPS) is 13.5. The lowest BCUT2D eigenvalue weighted by molar-refractivity contribution is 0.218. The Kier molecular flexibility index (Phi) is 9.04. The Morgan fingerprint density at radius 2 is 1.58 bits per heavy atom. The van der Waals surface area contributed by atoms with Crippen LogP contribution in [0.2, 0.25) is 10.1 Å². The fraction of sp³-hybridized carbons (Fsp3) is 0.619. The van der Waals surface area contributed by atoms with Crippen LogP contribution in [0, 0.1) is 11.8 Å². The predicted octanol–water partition coefficient (Wildman–Crippen LogP) is 6.62. The minimum absolute atomic E-state index is 0.0421. The molecule has 0 spiro atoms. The summed E-state index contributed by atoms with van der Waals surface area (Å²) in [6.45, 7) is 13.8. The summed E-state index contributed by atoms with van der Waals surface area (Å²) in [5.41, 5.74) is 1.07. The van der Waals surface area contributed by atoms with Gasteiger partial charge in [-0.2, -0.15) is 0 Å². The molecule has 1 nitrogen and oxygen atoms in total. The second-order valence-corrected chi connectivity index (χ2v) is 13.2. The van der Waals surface area contributed by atoms with E-state index in [2.05, 4.69) is 88.1 Å². The highest BCUT2D eigenvalue weighted by Crippen LogP contribution is 2.43. The number of rotatable bonds is 6. The molecule has 24 heavy (non-hydrogen) atoms. The fourth-order valence-corrected chi connectivity index (χ4v) is 6.85. The molecule has 0 N–H and O–H groups in total. The Hall–Kier alpha value is -0.313. The van der Waals surface area contributed by atoms with Crippen LogP contribution in [-0.4, -0.2) is 19.6 Å². The second kappa shape index (κ2) is 9.99. The van der Waals surface area contributed by atoms with Crippen molar-refractivity contribution in [2.24, 2.45) is 0 Å². The molecule has 1 aromatic carbocycles. The Morgan fingerprint density at radius 3 is 2.08 bits per heavy atom. The molecule has 0 aromatic heterocycles. The summed E-state index contributed by atoms with van der Waals surface area (Å²) in [6.07, 6.45) is 3.49. The highest BCUT2D eigenvalue weighted by atomic mass is 127. The first kappa shape index (κ1) is 21.7. The van der Waals surface area contributed by atoms with Crippen LogP contribution in [-0.2, 0) is 4.43 Å². The maximum Gasteiger partial charge on any atom is 0.224 e. The van der Waals surface area contributed by atoms with E-state index in [-0.39, 0.29) is 16.2 Å². The minimum Gasteiger partial charge on any atom is -0.402 e. The molecule has 133 valence electrons. The maximum atomic E-state index is 6.67. The molecular weight excluding hydrogens is 423 g/mol.